The van der Waals surface area contributed by atoms with Gasteiger partial charge in [0.15, 0.2) is 0 Å². The van der Waals surface area contributed by atoms with Crippen molar-refractivity contribution in [2.45, 2.75) is 38.6 Å². The van der Waals surface area contributed by atoms with Crippen LogP contribution < -0.4 is 5.32 Å². The maximum absolute atomic E-state index is 12.9. The molecule has 6 heteroatoms. The number of nitrogens with one attached hydrogen (secondary N) is 1. The normalized spacial score (nSPS) is 18.7. The first-order chi connectivity index (χ1) is 12.3. The van der Waals surface area contributed by atoms with Gasteiger partial charge >= 0.3 is 0 Å². The summed E-state index contributed by atoms with van der Waals surface area (Å²) in [7, 11) is 3.96. The number of rotatable bonds is 8. The molecule has 1 aliphatic rings. The number of benzene rings is 1. The Kier molecular flexibility index (Phi) is 7.53. The topological polar surface area (TPSA) is 52.7 Å². The molecule has 1 heterocycles. The van der Waals surface area contributed by atoms with Crippen LogP contribution >= 0.6 is 11.8 Å². The van der Waals surface area contributed by atoms with Gasteiger partial charge in [0.25, 0.3) is 0 Å². The van der Waals surface area contributed by atoms with Crippen molar-refractivity contribution in [2.24, 2.45) is 5.92 Å². The highest BCUT2D eigenvalue weighted by Crippen LogP contribution is 2.42. The van der Waals surface area contributed by atoms with Gasteiger partial charge in [-0.1, -0.05) is 38.1 Å². The minimum atomic E-state index is -0.427. The Morgan fingerprint density at radius 3 is 2.65 bits per heavy atom. The van der Waals surface area contributed by atoms with Crippen LogP contribution in [0.15, 0.2) is 24.3 Å². The molecule has 1 saturated heterocycles. The van der Waals surface area contributed by atoms with Gasteiger partial charge in [-0.3, -0.25) is 9.59 Å². The molecule has 0 radical (unpaired) electrons. The van der Waals surface area contributed by atoms with Crippen molar-refractivity contribution in [2.75, 3.05) is 32.9 Å². The highest BCUT2D eigenvalue weighted by Gasteiger charge is 2.41. The van der Waals surface area contributed by atoms with Crippen LogP contribution in [0, 0.1) is 12.8 Å². The molecule has 1 aliphatic heterocycles. The maximum Gasteiger partial charge on any atom is 0.242 e. The Hall–Kier alpha value is -1.53. The number of carbonyl (C=O) groups is 2. The third-order valence-electron chi connectivity index (χ3n) is 4.55. The molecule has 1 aromatic rings. The molecule has 26 heavy (non-hydrogen) atoms. The molecular weight excluding hydrogens is 346 g/mol. The molecule has 0 unspecified atom stereocenters. The van der Waals surface area contributed by atoms with E-state index in [9.17, 15) is 9.59 Å². The molecular formula is C20H31N3O2S. The minimum Gasteiger partial charge on any atom is -0.353 e. The lowest BCUT2D eigenvalue weighted by molar-refractivity contribution is -0.139. The van der Waals surface area contributed by atoms with Crippen LogP contribution in [0.2, 0.25) is 0 Å². The van der Waals surface area contributed by atoms with Gasteiger partial charge in [0.05, 0.1) is 5.75 Å². The molecule has 0 bridgehead atoms. The van der Waals surface area contributed by atoms with Gasteiger partial charge < -0.3 is 15.1 Å². The predicted molar refractivity (Wildman–Crippen MR) is 108 cm³/mol. The standard InChI is InChI=1S/C20H31N3O2S/c1-14(2)12-17(19(25)21-10-11-22(4)5)23-18(24)13-26-20(23)16-9-7-6-8-15(16)3/h6-9,14,17,20H,10-13H2,1-5H3,(H,21,25)/t17-,20+/m1/s1. The fraction of sp³-hybridized carbons (Fsp3) is 0.600. The predicted octanol–water partition coefficient (Wildman–Crippen LogP) is 2.66. The van der Waals surface area contributed by atoms with Crippen LogP contribution in [-0.4, -0.2) is 60.6 Å². The van der Waals surface area contributed by atoms with Gasteiger partial charge in [0.2, 0.25) is 11.8 Å². The number of amides is 2. The van der Waals surface area contributed by atoms with Gasteiger partial charge in [0, 0.05) is 13.1 Å². The van der Waals surface area contributed by atoms with E-state index in [1.807, 2.05) is 36.0 Å². The van der Waals surface area contributed by atoms with Gasteiger partial charge in [-0.05, 0) is 44.5 Å². The first-order valence-corrected chi connectivity index (χ1v) is 10.3. The summed E-state index contributed by atoms with van der Waals surface area (Å²) in [6.45, 7) is 7.62. The molecule has 2 atom stereocenters. The summed E-state index contributed by atoms with van der Waals surface area (Å²) in [5, 5.41) is 2.93. The van der Waals surface area contributed by atoms with E-state index in [0.29, 0.717) is 24.6 Å². The van der Waals surface area contributed by atoms with Crippen molar-refractivity contribution in [1.29, 1.82) is 0 Å². The summed E-state index contributed by atoms with van der Waals surface area (Å²) in [5.74, 6) is 0.764. The Bertz CT molecular complexity index is 633. The second-order valence-electron chi connectivity index (χ2n) is 7.56. The van der Waals surface area contributed by atoms with Crippen LogP contribution in [0.1, 0.15) is 36.8 Å². The molecule has 0 aliphatic carbocycles. The van der Waals surface area contributed by atoms with Crippen molar-refractivity contribution in [3.63, 3.8) is 0 Å². The van der Waals surface area contributed by atoms with E-state index >= 15 is 0 Å². The Morgan fingerprint density at radius 2 is 2.04 bits per heavy atom. The third-order valence-corrected chi connectivity index (χ3v) is 5.76. The number of thioether (sulfide) groups is 1. The molecule has 0 saturated carbocycles. The van der Waals surface area contributed by atoms with E-state index in [1.165, 1.54) is 0 Å². The molecule has 2 rings (SSSR count). The first-order valence-electron chi connectivity index (χ1n) is 9.22. The smallest absolute Gasteiger partial charge is 0.242 e. The van der Waals surface area contributed by atoms with Gasteiger partial charge in [-0.15, -0.1) is 11.8 Å². The lowest BCUT2D eigenvalue weighted by Crippen LogP contribution is -2.50. The van der Waals surface area contributed by atoms with E-state index in [2.05, 4.69) is 38.2 Å². The largest absolute Gasteiger partial charge is 0.353 e. The van der Waals surface area contributed by atoms with E-state index < -0.39 is 6.04 Å². The zero-order valence-corrected chi connectivity index (χ0v) is 17.3. The second kappa shape index (κ2) is 9.42. The summed E-state index contributed by atoms with van der Waals surface area (Å²) in [4.78, 5) is 29.5. The highest BCUT2D eigenvalue weighted by atomic mass is 32.2. The zero-order valence-electron chi connectivity index (χ0n) is 16.5. The number of nitrogens with zero attached hydrogens (tertiary/aromatic N) is 2. The van der Waals surface area contributed by atoms with Crippen molar-refractivity contribution in [3.05, 3.63) is 35.4 Å². The van der Waals surface area contributed by atoms with Gasteiger partial charge in [-0.2, -0.15) is 0 Å². The summed E-state index contributed by atoms with van der Waals surface area (Å²) < 4.78 is 0. The van der Waals surface area contributed by atoms with Crippen molar-refractivity contribution in [3.8, 4) is 0 Å². The molecule has 1 aromatic carbocycles. The summed E-state index contributed by atoms with van der Waals surface area (Å²) >= 11 is 1.62. The molecule has 144 valence electrons. The lowest BCUT2D eigenvalue weighted by atomic mass is 9.99. The Morgan fingerprint density at radius 1 is 1.35 bits per heavy atom. The maximum atomic E-state index is 12.9. The quantitative estimate of drug-likeness (QED) is 0.757. The van der Waals surface area contributed by atoms with Crippen LogP contribution in [0.25, 0.3) is 0 Å². The molecule has 1 fully saturated rings. The average molecular weight is 378 g/mol. The first kappa shape index (κ1) is 20.8. The summed E-state index contributed by atoms with van der Waals surface area (Å²) in [6, 6.07) is 7.70. The fourth-order valence-electron chi connectivity index (χ4n) is 3.19. The monoisotopic (exact) mass is 377 g/mol. The Balaban J connectivity index is 2.24. The molecule has 0 spiro atoms. The number of hydrogen-bond donors (Lipinski definition) is 1. The van der Waals surface area contributed by atoms with Crippen LogP contribution in [-0.2, 0) is 9.59 Å². The minimum absolute atomic E-state index is 0.0463. The van der Waals surface area contributed by atoms with Crippen molar-refractivity contribution >= 4 is 23.6 Å². The van der Waals surface area contributed by atoms with Crippen LogP contribution in [0.5, 0.6) is 0 Å². The van der Waals surface area contributed by atoms with E-state index in [1.54, 1.807) is 11.8 Å². The molecule has 1 N–H and O–H groups in total. The fourth-order valence-corrected chi connectivity index (χ4v) is 4.51. The van der Waals surface area contributed by atoms with Crippen LogP contribution in [0.3, 0.4) is 0 Å². The Labute approximate surface area is 161 Å². The van der Waals surface area contributed by atoms with Crippen molar-refractivity contribution in [1.82, 2.24) is 15.1 Å². The van der Waals surface area contributed by atoms with Gasteiger partial charge in [-0.25, -0.2) is 0 Å². The number of aryl methyl sites for hydroxylation is 1. The molecule has 2 amide bonds. The zero-order chi connectivity index (χ0) is 19.3. The SMILES string of the molecule is Cc1ccccc1[C@@H]1SCC(=O)N1[C@H](CC(C)C)C(=O)NCCN(C)C. The molecule has 0 aromatic heterocycles. The van der Waals surface area contributed by atoms with Gasteiger partial charge in [0.1, 0.15) is 11.4 Å². The van der Waals surface area contributed by atoms with Crippen molar-refractivity contribution < 1.29 is 9.59 Å². The van der Waals surface area contributed by atoms with Crippen LogP contribution in [0.4, 0.5) is 0 Å². The average Bonchev–Trinajstić information content (AvgIpc) is 2.93. The van der Waals surface area contributed by atoms with E-state index in [4.69, 9.17) is 0 Å². The summed E-state index contributed by atoms with van der Waals surface area (Å²) in [5.41, 5.74) is 2.28. The second-order valence-corrected chi connectivity index (χ2v) is 8.63. The van der Waals surface area contributed by atoms with E-state index in [-0.39, 0.29) is 17.2 Å². The number of carbonyl (C=O) groups excluding carboxylic acids is 2. The molecule has 5 nitrogen and oxygen atoms in total. The number of likely N-dealkylation sites (N-methyl/N-ethyl adjacent to an activating group) is 1. The lowest BCUT2D eigenvalue weighted by Gasteiger charge is -2.33. The third kappa shape index (κ3) is 5.24. The number of hydrogen-bond acceptors (Lipinski definition) is 4. The van der Waals surface area contributed by atoms with E-state index in [0.717, 1.165) is 17.7 Å². The highest BCUT2D eigenvalue weighted by molar-refractivity contribution is 8.00. The summed E-state index contributed by atoms with van der Waals surface area (Å²) in [6.07, 6.45) is 0.669.